The number of amides is 3. The number of carbonyl (C=O) groups excluding carboxylic acids is 2. The van der Waals surface area contributed by atoms with E-state index in [1.54, 1.807) is 0 Å². The summed E-state index contributed by atoms with van der Waals surface area (Å²) in [6.07, 6.45) is 0.571. The van der Waals surface area contributed by atoms with Gasteiger partial charge in [-0.15, -0.1) is 0 Å². The number of urea groups is 1. The van der Waals surface area contributed by atoms with E-state index in [2.05, 4.69) is 35.0 Å². The minimum Gasteiger partial charge on any atom is -0.454 e. The summed E-state index contributed by atoms with van der Waals surface area (Å²) < 4.78 is 10.9. The molecule has 2 fully saturated rings. The van der Waals surface area contributed by atoms with Crippen molar-refractivity contribution in [2.24, 2.45) is 5.92 Å². The maximum absolute atomic E-state index is 13.6. The predicted octanol–water partition coefficient (Wildman–Crippen LogP) is 2.98. The predicted molar refractivity (Wildman–Crippen MR) is 127 cm³/mol. The number of ether oxygens (including phenoxy) is 2. The van der Waals surface area contributed by atoms with E-state index in [4.69, 9.17) is 9.47 Å². The van der Waals surface area contributed by atoms with Gasteiger partial charge >= 0.3 is 6.03 Å². The molecule has 0 aromatic heterocycles. The molecule has 0 aliphatic carbocycles. The van der Waals surface area contributed by atoms with Crippen LogP contribution in [0.1, 0.15) is 31.4 Å². The Morgan fingerprint density at radius 1 is 0.941 bits per heavy atom. The zero-order chi connectivity index (χ0) is 23.7. The molecule has 0 unspecified atom stereocenters. The molecule has 5 rings (SSSR count). The van der Waals surface area contributed by atoms with E-state index in [0.717, 1.165) is 49.8 Å². The molecule has 0 bridgehead atoms. The average molecular weight is 465 g/mol. The highest BCUT2D eigenvalue weighted by Crippen LogP contribution is 2.35. The third kappa shape index (κ3) is 4.35. The van der Waals surface area contributed by atoms with Gasteiger partial charge in [-0.25, -0.2) is 9.69 Å². The Morgan fingerprint density at radius 3 is 2.38 bits per heavy atom. The van der Waals surface area contributed by atoms with E-state index in [9.17, 15) is 9.59 Å². The number of nitrogens with one attached hydrogen (secondary N) is 1. The minimum absolute atomic E-state index is 0.153. The van der Waals surface area contributed by atoms with E-state index in [-0.39, 0.29) is 24.6 Å². The van der Waals surface area contributed by atoms with Gasteiger partial charge in [0.2, 0.25) is 6.79 Å². The number of rotatable bonds is 7. The molecule has 0 spiro atoms. The highest BCUT2D eigenvalue weighted by molar-refractivity contribution is 6.07. The molecule has 180 valence electrons. The fourth-order valence-electron chi connectivity index (χ4n) is 5.13. The number of piperazine rings is 1. The number of fused-ring (bicyclic) bond motifs is 1. The van der Waals surface area contributed by atoms with E-state index < -0.39 is 5.54 Å². The average Bonchev–Trinajstić information content (AvgIpc) is 3.39. The molecule has 3 aliphatic rings. The van der Waals surface area contributed by atoms with Crippen molar-refractivity contribution < 1.29 is 19.1 Å². The van der Waals surface area contributed by atoms with Crippen molar-refractivity contribution in [2.75, 3.05) is 39.6 Å². The lowest BCUT2D eigenvalue weighted by molar-refractivity contribution is -0.134. The molecule has 3 amide bonds. The third-order valence-corrected chi connectivity index (χ3v) is 6.81. The van der Waals surface area contributed by atoms with Crippen LogP contribution in [0.4, 0.5) is 4.79 Å². The quantitative estimate of drug-likeness (QED) is 0.635. The fourth-order valence-corrected chi connectivity index (χ4v) is 5.13. The second-order valence-electron chi connectivity index (χ2n) is 9.76. The second kappa shape index (κ2) is 9.27. The Hall–Kier alpha value is -3.10. The van der Waals surface area contributed by atoms with Gasteiger partial charge in [-0.1, -0.05) is 50.2 Å². The zero-order valence-electron chi connectivity index (χ0n) is 19.8. The smallest absolute Gasteiger partial charge is 0.326 e. The maximum atomic E-state index is 13.6. The van der Waals surface area contributed by atoms with Crippen molar-refractivity contribution in [3.05, 3.63) is 59.7 Å². The molecule has 2 saturated heterocycles. The van der Waals surface area contributed by atoms with Gasteiger partial charge in [0.1, 0.15) is 5.54 Å². The van der Waals surface area contributed by atoms with Gasteiger partial charge in [0, 0.05) is 32.7 Å². The van der Waals surface area contributed by atoms with Crippen molar-refractivity contribution in [3.63, 3.8) is 0 Å². The lowest BCUT2D eigenvalue weighted by Crippen LogP contribution is -2.51. The second-order valence-corrected chi connectivity index (χ2v) is 9.76. The van der Waals surface area contributed by atoms with Crippen LogP contribution in [0.5, 0.6) is 11.5 Å². The SMILES string of the molecule is CC(C)C[C@@]1(c2ccccc2)NC(=O)N(CN2CCN(Cc3ccc4c(c3)OCO4)CC2)C1=O. The van der Waals surface area contributed by atoms with Gasteiger partial charge in [-0.05, 0) is 35.6 Å². The van der Waals surface area contributed by atoms with Crippen LogP contribution >= 0.6 is 0 Å². The molecular formula is C26H32N4O4. The maximum Gasteiger partial charge on any atom is 0.326 e. The number of hydrogen-bond acceptors (Lipinski definition) is 6. The van der Waals surface area contributed by atoms with E-state index in [1.807, 2.05) is 42.5 Å². The Labute approximate surface area is 200 Å². The summed E-state index contributed by atoms with van der Waals surface area (Å²) in [4.78, 5) is 32.5. The normalized spacial score (nSPS) is 23.1. The number of imide groups is 1. The largest absolute Gasteiger partial charge is 0.454 e. The molecule has 1 atom stereocenters. The van der Waals surface area contributed by atoms with Crippen molar-refractivity contribution in [1.29, 1.82) is 0 Å². The first-order valence-electron chi connectivity index (χ1n) is 12.0. The molecule has 34 heavy (non-hydrogen) atoms. The first-order chi connectivity index (χ1) is 16.4. The summed E-state index contributed by atoms with van der Waals surface area (Å²) in [7, 11) is 0. The highest BCUT2D eigenvalue weighted by Gasteiger charge is 2.52. The summed E-state index contributed by atoms with van der Waals surface area (Å²) in [5.41, 5.74) is 1.04. The Bertz CT molecular complexity index is 1050. The van der Waals surface area contributed by atoms with Crippen LogP contribution in [0.2, 0.25) is 0 Å². The van der Waals surface area contributed by atoms with Gasteiger partial charge in [-0.3, -0.25) is 14.6 Å². The Balaban J connectivity index is 1.21. The summed E-state index contributed by atoms with van der Waals surface area (Å²) in [6.45, 7) is 8.91. The molecule has 0 saturated carbocycles. The molecule has 0 radical (unpaired) electrons. The standard InChI is InChI=1S/C26H32N4O4/c1-19(2)15-26(21-6-4-3-5-7-21)24(31)30(25(32)27-26)17-29-12-10-28(11-13-29)16-20-8-9-22-23(14-20)34-18-33-22/h3-9,14,19H,10-13,15-18H2,1-2H3,(H,27,32)/t26-/m0/s1. The topological polar surface area (TPSA) is 74.4 Å². The van der Waals surface area contributed by atoms with Crippen LogP contribution in [0, 0.1) is 5.92 Å². The molecular weight excluding hydrogens is 432 g/mol. The van der Waals surface area contributed by atoms with Crippen LogP contribution in [0.3, 0.4) is 0 Å². The van der Waals surface area contributed by atoms with E-state index >= 15 is 0 Å². The summed E-state index contributed by atoms with van der Waals surface area (Å²) >= 11 is 0. The number of carbonyl (C=O) groups is 2. The van der Waals surface area contributed by atoms with Crippen LogP contribution in [-0.2, 0) is 16.9 Å². The summed E-state index contributed by atoms with van der Waals surface area (Å²) in [6, 6.07) is 15.4. The van der Waals surface area contributed by atoms with Gasteiger partial charge in [0.05, 0.1) is 6.67 Å². The first-order valence-corrected chi connectivity index (χ1v) is 12.0. The molecule has 3 aliphatic heterocycles. The van der Waals surface area contributed by atoms with Crippen molar-refractivity contribution in [2.45, 2.75) is 32.4 Å². The number of benzene rings is 2. The van der Waals surface area contributed by atoms with Crippen molar-refractivity contribution in [1.82, 2.24) is 20.0 Å². The van der Waals surface area contributed by atoms with Gasteiger partial charge in [0.15, 0.2) is 11.5 Å². The van der Waals surface area contributed by atoms with Gasteiger partial charge in [-0.2, -0.15) is 0 Å². The molecule has 8 nitrogen and oxygen atoms in total. The Kier molecular flexibility index (Phi) is 6.18. The van der Waals surface area contributed by atoms with Crippen LogP contribution in [0.25, 0.3) is 0 Å². The van der Waals surface area contributed by atoms with E-state index in [1.165, 1.54) is 10.5 Å². The summed E-state index contributed by atoms with van der Waals surface area (Å²) in [5.74, 6) is 1.70. The van der Waals surface area contributed by atoms with Crippen LogP contribution < -0.4 is 14.8 Å². The molecule has 2 aromatic rings. The first kappa shape index (κ1) is 22.7. The van der Waals surface area contributed by atoms with Crippen molar-refractivity contribution >= 4 is 11.9 Å². The monoisotopic (exact) mass is 464 g/mol. The Morgan fingerprint density at radius 2 is 1.65 bits per heavy atom. The minimum atomic E-state index is -0.992. The number of hydrogen-bond donors (Lipinski definition) is 1. The van der Waals surface area contributed by atoms with E-state index in [0.29, 0.717) is 13.1 Å². The van der Waals surface area contributed by atoms with Crippen LogP contribution in [-0.4, -0.2) is 66.3 Å². The zero-order valence-corrected chi connectivity index (χ0v) is 19.8. The third-order valence-electron chi connectivity index (χ3n) is 6.81. The lowest BCUT2D eigenvalue weighted by Gasteiger charge is -2.36. The van der Waals surface area contributed by atoms with Crippen molar-refractivity contribution in [3.8, 4) is 11.5 Å². The van der Waals surface area contributed by atoms with Gasteiger partial charge < -0.3 is 14.8 Å². The summed E-state index contributed by atoms with van der Waals surface area (Å²) in [5, 5.41) is 3.04. The highest BCUT2D eigenvalue weighted by atomic mass is 16.7. The molecule has 1 N–H and O–H groups in total. The van der Waals surface area contributed by atoms with Crippen LogP contribution in [0.15, 0.2) is 48.5 Å². The fraction of sp³-hybridized carbons (Fsp3) is 0.462. The lowest BCUT2D eigenvalue weighted by atomic mass is 9.82. The van der Waals surface area contributed by atoms with Gasteiger partial charge in [0.25, 0.3) is 5.91 Å². The molecule has 8 heteroatoms. The number of nitrogens with zero attached hydrogens (tertiary/aromatic N) is 3. The molecule has 2 aromatic carbocycles. The molecule has 3 heterocycles.